The zero-order chi connectivity index (χ0) is 21.3. The fourth-order valence-corrected chi connectivity index (χ4v) is 2.92. The lowest BCUT2D eigenvalue weighted by Crippen LogP contribution is -2.20. The summed E-state index contributed by atoms with van der Waals surface area (Å²) in [7, 11) is 1.53. The number of methoxy groups -OCH3 is 1. The van der Waals surface area contributed by atoms with E-state index >= 15 is 0 Å². The molecule has 0 aromatic heterocycles. The smallest absolute Gasteiger partial charge is 0.262 e. The summed E-state index contributed by atoms with van der Waals surface area (Å²) in [4.78, 5) is 12.2. The fraction of sp³-hybridized carbons (Fsp3) is 0.120. The lowest BCUT2D eigenvalue weighted by atomic mass is 10.0. The van der Waals surface area contributed by atoms with Gasteiger partial charge in [-0.15, -0.1) is 0 Å². The zero-order valence-corrected chi connectivity index (χ0v) is 16.9. The number of hydrogen-bond acceptors (Lipinski definition) is 4. The van der Waals surface area contributed by atoms with Crippen LogP contribution in [0.4, 0.5) is 5.69 Å². The Morgan fingerprint density at radius 3 is 2.53 bits per heavy atom. The van der Waals surface area contributed by atoms with E-state index in [1.165, 1.54) is 7.11 Å². The summed E-state index contributed by atoms with van der Waals surface area (Å²) in [5, 5.41) is 12.3. The number of carbonyl (C=O) groups is 1. The molecule has 3 aromatic carbocycles. The number of ether oxygens (including phenoxy) is 2. The first-order valence-corrected chi connectivity index (χ1v) is 9.43. The molecule has 1 amide bonds. The van der Waals surface area contributed by atoms with Gasteiger partial charge >= 0.3 is 0 Å². The van der Waals surface area contributed by atoms with Crippen LogP contribution < -0.4 is 14.8 Å². The van der Waals surface area contributed by atoms with E-state index < -0.39 is 0 Å². The van der Waals surface area contributed by atoms with Crippen molar-refractivity contribution in [1.82, 2.24) is 0 Å². The highest BCUT2D eigenvalue weighted by molar-refractivity contribution is 5.92. The second-order valence-electron chi connectivity index (χ2n) is 6.65. The van der Waals surface area contributed by atoms with Gasteiger partial charge in [-0.1, -0.05) is 48.5 Å². The third-order valence-corrected chi connectivity index (χ3v) is 4.36. The minimum absolute atomic E-state index is 0.146. The van der Waals surface area contributed by atoms with Gasteiger partial charge in [-0.2, -0.15) is 5.26 Å². The highest BCUT2D eigenvalue weighted by atomic mass is 16.5. The molecule has 0 fully saturated rings. The lowest BCUT2D eigenvalue weighted by molar-refractivity contribution is -0.118. The third-order valence-electron chi connectivity index (χ3n) is 4.36. The quantitative estimate of drug-likeness (QED) is 0.445. The van der Waals surface area contributed by atoms with Crippen molar-refractivity contribution >= 4 is 23.2 Å². The number of anilines is 1. The Kier molecular flexibility index (Phi) is 6.86. The van der Waals surface area contributed by atoms with Gasteiger partial charge < -0.3 is 14.8 Å². The molecule has 0 saturated heterocycles. The van der Waals surface area contributed by atoms with E-state index in [1.807, 2.05) is 67.6 Å². The van der Waals surface area contributed by atoms with Gasteiger partial charge in [0.2, 0.25) is 0 Å². The van der Waals surface area contributed by atoms with E-state index in [2.05, 4.69) is 11.4 Å². The molecule has 150 valence electrons. The van der Waals surface area contributed by atoms with E-state index in [4.69, 9.17) is 9.47 Å². The monoisotopic (exact) mass is 398 g/mol. The molecule has 0 aliphatic heterocycles. The number of aryl methyl sites for hydroxylation is 1. The molecule has 0 unspecified atom stereocenters. The normalized spacial score (nSPS) is 10.8. The van der Waals surface area contributed by atoms with Crippen LogP contribution in [-0.4, -0.2) is 19.6 Å². The molecule has 0 aliphatic carbocycles. The second-order valence-corrected chi connectivity index (χ2v) is 6.65. The Morgan fingerprint density at radius 2 is 1.83 bits per heavy atom. The van der Waals surface area contributed by atoms with Crippen LogP contribution in [0.3, 0.4) is 0 Å². The van der Waals surface area contributed by atoms with E-state index in [1.54, 1.807) is 18.2 Å². The number of amides is 1. The van der Waals surface area contributed by atoms with Crippen molar-refractivity contribution in [2.24, 2.45) is 0 Å². The van der Waals surface area contributed by atoms with Crippen LogP contribution in [0, 0.1) is 18.3 Å². The number of carbonyl (C=O) groups excluding carboxylic acids is 1. The molecule has 0 heterocycles. The standard InChI is InChI=1S/C25H22N2O3/c1-18-7-6-10-22(13-18)27-25(28)17-30-23-12-11-19(15-24(23)29-2)14-21(16-26)20-8-4-3-5-9-20/h3-15H,17H2,1-2H3,(H,27,28)/b21-14-. The predicted octanol–water partition coefficient (Wildman–Crippen LogP) is 5.09. The first kappa shape index (κ1) is 20.7. The Bertz CT molecular complexity index is 1100. The maximum Gasteiger partial charge on any atom is 0.262 e. The molecular formula is C25H22N2O3. The van der Waals surface area contributed by atoms with Crippen molar-refractivity contribution in [1.29, 1.82) is 5.26 Å². The van der Waals surface area contributed by atoms with Crippen LogP contribution in [0.2, 0.25) is 0 Å². The van der Waals surface area contributed by atoms with Crippen molar-refractivity contribution in [3.8, 4) is 17.6 Å². The summed E-state index contributed by atoms with van der Waals surface area (Å²) >= 11 is 0. The summed E-state index contributed by atoms with van der Waals surface area (Å²) in [6, 6.07) is 24.5. The topological polar surface area (TPSA) is 71.3 Å². The molecule has 1 N–H and O–H groups in total. The van der Waals surface area contributed by atoms with Gasteiger partial charge in [-0.3, -0.25) is 4.79 Å². The number of allylic oxidation sites excluding steroid dienone is 1. The second kappa shape index (κ2) is 9.94. The lowest BCUT2D eigenvalue weighted by Gasteiger charge is -2.12. The van der Waals surface area contributed by atoms with Gasteiger partial charge in [0.15, 0.2) is 18.1 Å². The minimum Gasteiger partial charge on any atom is -0.493 e. The maximum atomic E-state index is 12.2. The number of nitrogens with zero attached hydrogens (tertiary/aromatic N) is 1. The predicted molar refractivity (Wildman–Crippen MR) is 118 cm³/mol. The average molecular weight is 398 g/mol. The van der Waals surface area contributed by atoms with Crippen molar-refractivity contribution in [2.75, 3.05) is 19.0 Å². The Labute approximate surface area is 176 Å². The summed E-state index contributed by atoms with van der Waals surface area (Å²) in [5.41, 5.74) is 3.96. The number of benzene rings is 3. The number of rotatable bonds is 7. The number of nitriles is 1. The Hall–Kier alpha value is -4.04. The van der Waals surface area contributed by atoms with Crippen LogP contribution in [0.25, 0.3) is 11.6 Å². The number of hydrogen-bond donors (Lipinski definition) is 1. The van der Waals surface area contributed by atoms with Crippen molar-refractivity contribution < 1.29 is 14.3 Å². The van der Waals surface area contributed by atoms with Gasteiger partial charge in [0, 0.05) is 5.69 Å². The molecular weight excluding hydrogens is 376 g/mol. The maximum absolute atomic E-state index is 12.2. The Balaban J connectivity index is 1.70. The van der Waals surface area contributed by atoms with Gasteiger partial charge in [0.05, 0.1) is 18.8 Å². The number of nitrogens with one attached hydrogen (secondary N) is 1. The van der Waals surface area contributed by atoms with Gasteiger partial charge in [-0.05, 0) is 54.0 Å². The van der Waals surface area contributed by atoms with Gasteiger partial charge in [0.25, 0.3) is 5.91 Å². The van der Waals surface area contributed by atoms with Gasteiger partial charge in [-0.25, -0.2) is 0 Å². The van der Waals surface area contributed by atoms with Crippen LogP contribution >= 0.6 is 0 Å². The Morgan fingerprint density at radius 1 is 1.03 bits per heavy atom. The summed E-state index contributed by atoms with van der Waals surface area (Å²) in [5.74, 6) is 0.673. The summed E-state index contributed by atoms with van der Waals surface area (Å²) in [6.45, 7) is 1.81. The summed E-state index contributed by atoms with van der Waals surface area (Å²) < 4.78 is 11.0. The molecule has 0 spiro atoms. The van der Waals surface area contributed by atoms with Crippen molar-refractivity contribution in [3.63, 3.8) is 0 Å². The molecule has 0 aliphatic rings. The fourth-order valence-electron chi connectivity index (χ4n) is 2.92. The van der Waals surface area contributed by atoms with E-state index in [-0.39, 0.29) is 12.5 Å². The summed E-state index contributed by atoms with van der Waals surface area (Å²) in [6.07, 6.45) is 1.78. The zero-order valence-electron chi connectivity index (χ0n) is 16.9. The highest BCUT2D eigenvalue weighted by Crippen LogP contribution is 2.30. The molecule has 3 aromatic rings. The van der Waals surface area contributed by atoms with Crippen LogP contribution in [-0.2, 0) is 4.79 Å². The molecule has 0 saturated carbocycles. The van der Waals surface area contributed by atoms with Crippen LogP contribution in [0.15, 0.2) is 72.8 Å². The highest BCUT2D eigenvalue weighted by Gasteiger charge is 2.10. The van der Waals surface area contributed by atoms with Crippen LogP contribution in [0.1, 0.15) is 16.7 Å². The van der Waals surface area contributed by atoms with Crippen LogP contribution in [0.5, 0.6) is 11.5 Å². The van der Waals surface area contributed by atoms with Gasteiger partial charge in [0.1, 0.15) is 0 Å². The SMILES string of the molecule is COc1cc(/C=C(/C#N)c2ccccc2)ccc1OCC(=O)Nc1cccc(C)c1. The molecule has 3 rings (SSSR count). The molecule has 5 heteroatoms. The first-order valence-electron chi connectivity index (χ1n) is 9.43. The first-order chi connectivity index (χ1) is 14.6. The van der Waals surface area contributed by atoms with Crippen molar-refractivity contribution in [3.05, 3.63) is 89.5 Å². The average Bonchev–Trinajstić information content (AvgIpc) is 2.77. The molecule has 0 atom stereocenters. The molecule has 0 bridgehead atoms. The molecule has 30 heavy (non-hydrogen) atoms. The van der Waals surface area contributed by atoms with E-state index in [9.17, 15) is 10.1 Å². The van der Waals surface area contributed by atoms with E-state index in [0.717, 1.165) is 22.4 Å². The molecule has 5 nitrogen and oxygen atoms in total. The van der Waals surface area contributed by atoms with Crippen molar-refractivity contribution in [2.45, 2.75) is 6.92 Å². The molecule has 0 radical (unpaired) electrons. The van der Waals surface area contributed by atoms with E-state index in [0.29, 0.717) is 17.1 Å². The third kappa shape index (κ3) is 5.49. The largest absolute Gasteiger partial charge is 0.493 e. The minimum atomic E-state index is -0.262.